The average molecular weight is 352 g/mol. The van der Waals surface area contributed by atoms with Crippen LogP contribution in [0.1, 0.15) is 19.6 Å². The maximum absolute atomic E-state index is 12.1. The van der Waals surface area contributed by atoms with Crippen LogP contribution in [0.5, 0.6) is 0 Å². The van der Waals surface area contributed by atoms with E-state index in [2.05, 4.69) is 21.5 Å². The molecule has 136 valence electrons. The van der Waals surface area contributed by atoms with Crippen LogP contribution in [0.15, 0.2) is 15.8 Å². The van der Waals surface area contributed by atoms with E-state index in [0.29, 0.717) is 0 Å². The number of terminal acetylenes is 1. The zero-order valence-electron chi connectivity index (χ0n) is 13.6. The van der Waals surface area contributed by atoms with Gasteiger partial charge in [-0.05, 0) is 0 Å². The van der Waals surface area contributed by atoms with E-state index in [1.807, 2.05) is 0 Å². The van der Waals surface area contributed by atoms with E-state index in [1.54, 1.807) is 0 Å². The van der Waals surface area contributed by atoms with Crippen LogP contribution in [0.3, 0.4) is 0 Å². The molecular weight excluding hydrogens is 332 g/mol. The van der Waals surface area contributed by atoms with Gasteiger partial charge in [0.15, 0.2) is 0 Å². The maximum atomic E-state index is 12.1. The van der Waals surface area contributed by atoms with Crippen molar-refractivity contribution in [1.29, 1.82) is 0 Å². The molecule has 0 aromatic carbocycles. The minimum absolute atomic E-state index is 0.0132. The molecule has 3 atom stereocenters. The van der Waals surface area contributed by atoms with Gasteiger partial charge >= 0.3 is 5.69 Å². The van der Waals surface area contributed by atoms with Gasteiger partial charge in [-0.25, -0.2) is 4.79 Å². The summed E-state index contributed by atoms with van der Waals surface area (Å²) in [4.78, 5) is 37.1. The highest BCUT2D eigenvalue weighted by Gasteiger charge is 2.48. The number of H-pyrrole nitrogens is 1. The fourth-order valence-electron chi connectivity index (χ4n) is 2.58. The van der Waals surface area contributed by atoms with Gasteiger partial charge in [0.1, 0.15) is 17.5 Å². The summed E-state index contributed by atoms with van der Waals surface area (Å²) in [5.74, 6) is 1.96. The van der Waals surface area contributed by atoms with Crippen LogP contribution in [0.2, 0.25) is 0 Å². The molecule has 0 saturated carbocycles. The Kier molecular flexibility index (Phi) is 5.63. The first-order valence-corrected chi connectivity index (χ1v) is 7.57. The van der Waals surface area contributed by atoms with Crippen LogP contribution < -0.4 is 21.9 Å². The number of aromatic amines is 1. The standard InChI is InChI=1S/C15H20N4O6/c1-3-4-16-10-6-19(14(24)18-13(10)23)12-5-11(22)15(8-20,25-12)7-17-9(2)21/h1,6,11-12,16,20,22H,4-5,7-8H2,2H3,(H,17,21)(H,18,23,24)/t11?,12-,15-/m0/s1. The number of hydrogen-bond acceptors (Lipinski definition) is 7. The smallest absolute Gasteiger partial charge is 0.330 e. The Balaban J connectivity index is 2.31. The molecule has 0 bridgehead atoms. The Morgan fingerprint density at radius 3 is 2.92 bits per heavy atom. The minimum atomic E-state index is -1.45. The van der Waals surface area contributed by atoms with Gasteiger partial charge in [0.2, 0.25) is 5.91 Å². The second-order valence-corrected chi connectivity index (χ2v) is 5.72. The van der Waals surface area contributed by atoms with Crippen molar-refractivity contribution in [2.45, 2.75) is 31.3 Å². The summed E-state index contributed by atoms with van der Waals surface area (Å²) in [6, 6.07) is 0. The summed E-state index contributed by atoms with van der Waals surface area (Å²) in [6.07, 6.45) is 4.29. The van der Waals surface area contributed by atoms with Gasteiger partial charge in [-0.3, -0.25) is 19.1 Å². The normalized spacial score (nSPS) is 25.4. The lowest BCUT2D eigenvalue weighted by molar-refractivity contribution is -0.134. The number of amides is 1. The molecule has 0 radical (unpaired) electrons. The van der Waals surface area contributed by atoms with Gasteiger partial charge in [0.05, 0.1) is 25.8 Å². The summed E-state index contributed by atoms with van der Waals surface area (Å²) in [7, 11) is 0. The lowest BCUT2D eigenvalue weighted by Gasteiger charge is -2.30. The molecule has 1 aliphatic rings. The van der Waals surface area contributed by atoms with Gasteiger partial charge in [-0.1, -0.05) is 5.92 Å². The van der Waals surface area contributed by atoms with Gasteiger partial charge in [0.25, 0.3) is 5.56 Å². The fraction of sp³-hybridized carbons (Fsp3) is 0.533. The van der Waals surface area contributed by atoms with Crippen LogP contribution in [-0.4, -0.2) is 57.1 Å². The topological polar surface area (TPSA) is 146 Å². The number of anilines is 1. The first-order valence-electron chi connectivity index (χ1n) is 7.57. The molecule has 0 aliphatic carbocycles. The van der Waals surface area contributed by atoms with Crippen LogP contribution >= 0.6 is 0 Å². The summed E-state index contributed by atoms with van der Waals surface area (Å²) in [5.41, 5.74) is -2.75. The molecule has 0 spiro atoms. The second-order valence-electron chi connectivity index (χ2n) is 5.72. The number of ether oxygens (including phenoxy) is 1. The Labute approximate surface area is 142 Å². The van der Waals surface area contributed by atoms with Crippen LogP contribution in [0, 0.1) is 12.3 Å². The first-order chi connectivity index (χ1) is 11.8. The molecule has 1 unspecified atom stereocenters. The molecule has 10 heteroatoms. The molecule has 5 N–H and O–H groups in total. The molecule has 25 heavy (non-hydrogen) atoms. The zero-order valence-corrected chi connectivity index (χ0v) is 13.6. The van der Waals surface area contributed by atoms with E-state index in [0.717, 1.165) is 4.57 Å². The number of carbonyl (C=O) groups is 1. The van der Waals surface area contributed by atoms with Crippen molar-refractivity contribution in [3.8, 4) is 12.3 Å². The Morgan fingerprint density at radius 2 is 2.32 bits per heavy atom. The summed E-state index contributed by atoms with van der Waals surface area (Å²) < 4.78 is 6.78. The molecule has 1 amide bonds. The summed E-state index contributed by atoms with van der Waals surface area (Å²) in [6.45, 7) is 0.681. The number of aliphatic hydroxyl groups excluding tert-OH is 2. The van der Waals surface area contributed by atoms with Crippen molar-refractivity contribution in [2.24, 2.45) is 0 Å². The average Bonchev–Trinajstić information content (AvgIpc) is 2.89. The highest BCUT2D eigenvalue weighted by Crippen LogP contribution is 2.35. The predicted octanol–water partition coefficient (Wildman–Crippen LogP) is -2.27. The molecule has 1 saturated heterocycles. The summed E-state index contributed by atoms with van der Waals surface area (Å²) >= 11 is 0. The largest absolute Gasteiger partial charge is 0.393 e. The molecule has 1 fully saturated rings. The van der Waals surface area contributed by atoms with E-state index in [1.165, 1.54) is 13.1 Å². The van der Waals surface area contributed by atoms with Crippen molar-refractivity contribution in [1.82, 2.24) is 14.9 Å². The zero-order chi connectivity index (χ0) is 18.6. The molecule has 1 aromatic heterocycles. The van der Waals surface area contributed by atoms with Gasteiger partial charge in [0, 0.05) is 19.5 Å². The molecule has 2 heterocycles. The predicted molar refractivity (Wildman–Crippen MR) is 87.9 cm³/mol. The van der Waals surface area contributed by atoms with Crippen molar-refractivity contribution < 1.29 is 19.7 Å². The number of rotatable bonds is 6. The third kappa shape index (κ3) is 3.90. The Hall–Kier alpha value is -2.61. The Bertz CT molecular complexity index is 794. The van der Waals surface area contributed by atoms with Gasteiger partial charge in [-0.15, -0.1) is 6.42 Å². The van der Waals surface area contributed by atoms with Crippen LogP contribution in [-0.2, 0) is 9.53 Å². The van der Waals surface area contributed by atoms with Gasteiger partial charge < -0.3 is 25.6 Å². The fourth-order valence-corrected chi connectivity index (χ4v) is 2.58. The minimum Gasteiger partial charge on any atom is -0.393 e. The molecular formula is C15H20N4O6. The highest BCUT2D eigenvalue weighted by molar-refractivity contribution is 5.72. The van der Waals surface area contributed by atoms with Crippen molar-refractivity contribution in [3.63, 3.8) is 0 Å². The van der Waals surface area contributed by atoms with Crippen molar-refractivity contribution in [3.05, 3.63) is 27.0 Å². The second kappa shape index (κ2) is 7.52. The monoisotopic (exact) mass is 352 g/mol. The lowest BCUT2D eigenvalue weighted by Crippen LogP contribution is -2.52. The SMILES string of the molecule is C#CCNc1cn([C@@H]2CC(O)[C@@](CO)(CNC(C)=O)O2)c(=O)[nH]c1=O. The summed E-state index contributed by atoms with van der Waals surface area (Å²) in [5, 5.41) is 25.1. The third-order valence-corrected chi connectivity index (χ3v) is 3.97. The van der Waals surface area contributed by atoms with E-state index in [-0.39, 0.29) is 31.1 Å². The van der Waals surface area contributed by atoms with Crippen molar-refractivity contribution in [2.75, 3.05) is 25.0 Å². The van der Waals surface area contributed by atoms with Crippen LogP contribution in [0.4, 0.5) is 5.69 Å². The molecule has 1 aromatic rings. The quantitative estimate of drug-likeness (QED) is 0.363. The molecule has 2 rings (SSSR count). The van der Waals surface area contributed by atoms with E-state index < -0.39 is 35.8 Å². The lowest BCUT2D eigenvalue weighted by atomic mass is 9.97. The number of aromatic nitrogens is 2. The number of nitrogens with zero attached hydrogens (tertiary/aromatic N) is 1. The molecule has 10 nitrogen and oxygen atoms in total. The van der Waals surface area contributed by atoms with Crippen LogP contribution in [0.25, 0.3) is 0 Å². The maximum Gasteiger partial charge on any atom is 0.330 e. The number of aliphatic hydroxyl groups is 2. The first kappa shape index (κ1) is 18.7. The number of nitrogens with one attached hydrogen (secondary N) is 3. The van der Waals surface area contributed by atoms with Gasteiger partial charge in [-0.2, -0.15) is 0 Å². The number of hydrogen-bond donors (Lipinski definition) is 5. The Morgan fingerprint density at radius 1 is 1.60 bits per heavy atom. The van der Waals surface area contributed by atoms with E-state index in [4.69, 9.17) is 11.2 Å². The highest BCUT2D eigenvalue weighted by atomic mass is 16.6. The third-order valence-electron chi connectivity index (χ3n) is 3.97. The molecule has 1 aliphatic heterocycles. The van der Waals surface area contributed by atoms with Crippen molar-refractivity contribution >= 4 is 11.6 Å². The van der Waals surface area contributed by atoms with E-state index in [9.17, 15) is 24.6 Å². The number of carbonyl (C=O) groups excluding carboxylic acids is 1. The van der Waals surface area contributed by atoms with E-state index >= 15 is 0 Å².